The molecule has 2 heteroatoms. The van der Waals surface area contributed by atoms with Crippen LogP contribution < -0.4 is 5.32 Å². The van der Waals surface area contributed by atoms with Gasteiger partial charge in [-0.05, 0) is 36.9 Å². The molecule has 1 saturated heterocycles. The summed E-state index contributed by atoms with van der Waals surface area (Å²) in [5, 5.41) is 3.54. The van der Waals surface area contributed by atoms with Crippen LogP contribution in [0.25, 0.3) is 0 Å². The van der Waals surface area contributed by atoms with Crippen molar-refractivity contribution in [1.82, 2.24) is 5.32 Å². The van der Waals surface area contributed by atoms with E-state index in [4.69, 9.17) is 4.74 Å². The van der Waals surface area contributed by atoms with Gasteiger partial charge in [0.15, 0.2) is 0 Å². The molecule has 1 unspecified atom stereocenters. The molecule has 0 spiro atoms. The molecule has 2 atom stereocenters. The Morgan fingerprint density at radius 2 is 2.20 bits per heavy atom. The molecule has 2 aliphatic heterocycles. The Morgan fingerprint density at radius 3 is 3.07 bits per heavy atom. The molecule has 2 aliphatic rings. The third kappa shape index (κ3) is 1.68. The summed E-state index contributed by atoms with van der Waals surface area (Å²) in [7, 11) is 0. The summed E-state index contributed by atoms with van der Waals surface area (Å²) in [6.45, 7) is 2.02. The van der Waals surface area contributed by atoms with Gasteiger partial charge in [0.1, 0.15) is 0 Å². The first kappa shape index (κ1) is 9.37. The summed E-state index contributed by atoms with van der Waals surface area (Å²) < 4.78 is 5.93. The van der Waals surface area contributed by atoms with Crippen LogP contribution in [0.1, 0.15) is 30.1 Å². The van der Waals surface area contributed by atoms with Crippen molar-refractivity contribution < 1.29 is 4.74 Å². The summed E-state index contributed by atoms with van der Waals surface area (Å²) in [5.41, 5.74) is 2.88. The molecule has 0 bridgehead atoms. The Bertz CT molecular complexity index is 344. The molecule has 0 aliphatic carbocycles. The highest BCUT2D eigenvalue weighted by Crippen LogP contribution is 2.32. The van der Waals surface area contributed by atoms with Gasteiger partial charge in [-0.2, -0.15) is 0 Å². The fourth-order valence-corrected chi connectivity index (χ4v) is 2.73. The van der Waals surface area contributed by atoms with Crippen LogP contribution in [0.5, 0.6) is 0 Å². The number of nitrogens with one attached hydrogen (secondary N) is 1. The van der Waals surface area contributed by atoms with Gasteiger partial charge in [-0.25, -0.2) is 0 Å². The number of ether oxygens (including phenoxy) is 1. The maximum atomic E-state index is 5.93. The monoisotopic (exact) mass is 203 g/mol. The SMILES string of the molecule is c1ccc2c(c1)CCO[C@H]2C1CCCN1. The van der Waals surface area contributed by atoms with Gasteiger partial charge >= 0.3 is 0 Å². The van der Waals surface area contributed by atoms with E-state index in [1.165, 1.54) is 24.0 Å². The first-order valence-electron chi connectivity index (χ1n) is 5.88. The zero-order valence-corrected chi connectivity index (χ0v) is 8.91. The average Bonchev–Trinajstić information content (AvgIpc) is 2.82. The van der Waals surface area contributed by atoms with E-state index in [9.17, 15) is 0 Å². The molecule has 1 N–H and O–H groups in total. The number of rotatable bonds is 1. The van der Waals surface area contributed by atoms with Gasteiger partial charge in [0, 0.05) is 6.04 Å². The van der Waals surface area contributed by atoms with Crippen LogP contribution in [-0.2, 0) is 11.2 Å². The van der Waals surface area contributed by atoms with Crippen molar-refractivity contribution in [2.24, 2.45) is 0 Å². The van der Waals surface area contributed by atoms with Crippen LogP contribution in [0.15, 0.2) is 24.3 Å². The zero-order valence-electron chi connectivity index (χ0n) is 8.91. The Balaban J connectivity index is 1.91. The van der Waals surface area contributed by atoms with E-state index in [0.717, 1.165) is 19.6 Å². The van der Waals surface area contributed by atoms with Crippen LogP contribution in [0, 0.1) is 0 Å². The summed E-state index contributed by atoms with van der Waals surface area (Å²) in [6.07, 6.45) is 3.89. The molecule has 3 rings (SSSR count). The molecule has 0 saturated carbocycles. The highest BCUT2D eigenvalue weighted by Gasteiger charge is 2.30. The van der Waals surface area contributed by atoms with E-state index in [1.54, 1.807) is 0 Å². The summed E-state index contributed by atoms with van der Waals surface area (Å²) in [5.74, 6) is 0. The average molecular weight is 203 g/mol. The van der Waals surface area contributed by atoms with E-state index >= 15 is 0 Å². The van der Waals surface area contributed by atoms with Crippen molar-refractivity contribution in [2.45, 2.75) is 31.4 Å². The van der Waals surface area contributed by atoms with Gasteiger partial charge in [-0.1, -0.05) is 24.3 Å². The molecular weight excluding hydrogens is 186 g/mol. The minimum Gasteiger partial charge on any atom is -0.372 e. The maximum absolute atomic E-state index is 5.93. The number of fused-ring (bicyclic) bond motifs is 1. The topological polar surface area (TPSA) is 21.3 Å². The highest BCUT2D eigenvalue weighted by atomic mass is 16.5. The highest BCUT2D eigenvalue weighted by molar-refractivity contribution is 5.32. The van der Waals surface area contributed by atoms with Crippen molar-refractivity contribution in [3.63, 3.8) is 0 Å². The van der Waals surface area contributed by atoms with Gasteiger partial charge in [0.25, 0.3) is 0 Å². The van der Waals surface area contributed by atoms with Crippen molar-refractivity contribution in [1.29, 1.82) is 0 Å². The normalized spacial score (nSPS) is 30.1. The first-order valence-corrected chi connectivity index (χ1v) is 5.88. The maximum Gasteiger partial charge on any atom is 0.0980 e. The molecular formula is C13H17NO. The third-order valence-electron chi connectivity index (χ3n) is 3.49. The predicted octanol–water partition coefficient (Wildman–Crippen LogP) is 2.05. The Morgan fingerprint density at radius 1 is 1.27 bits per heavy atom. The standard InChI is InChI=1S/C13H17NO/c1-2-5-11-10(4-1)7-9-15-13(11)12-6-3-8-14-12/h1-2,4-5,12-14H,3,6-9H2/t12?,13-/m1/s1. The van der Waals surface area contributed by atoms with Crippen molar-refractivity contribution in [3.8, 4) is 0 Å². The van der Waals surface area contributed by atoms with Gasteiger partial charge in [-0.15, -0.1) is 0 Å². The Hall–Kier alpha value is -0.860. The second kappa shape index (κ2) is 3.95. The van der Waals surface area contributed by atoms with Crippen molar-refractivity contribution >= 4 is 0 Å². The number of benzene rings is 1. The molecule has 0 aromatic heterocycles. The molecule has 80 valence electrons. The van der Waals surface area contributed by atoms with E-state index in [-0.39, 0.29) is 6.10 Å². The molecule has 2 nitrogen and oxygen atoms in total. The fraction of sp³-hybridized carbons (Fsp3) is 0.538. The molecule has 2 heterocycles. The van der Waals surface area contributed by atoms with E-state index in [1.807, 2.05) is 0 Å². The van der Waals surface area contributed by atoms with Crippen LogP contribution in [0.2, 0.25) is 0 Å². The predicted molar refractivity (Wildman–Crippen MR) is 59.9 cm³/mol. The summed E-state index contributed by atoms with van der Waals surface area (Å²) >= 11 is 0. The lowest BCUT2D eigenvalue weighted by molar-refractivity contribution is 0.0199. The molecule has 15 heavy (non-hydrogen) atoms. The van der Waals surface area contributed by atoms with Crippen molar-refractivity contribution in [2.75, 3.05) is 13.2 Å². The van der Waals surface area contributed by atoms with Crippen molar-refractivity contribution in [3.05, 3.63) is 35.4 Å². The molecule has 1 aromatic rings. The largest absolute Gasteiger partial charge is 0.372 e. The van der Waals surface area contributed by atoms with Gasteiger partial charge in [-0.3, -0.25) is 0 Å². The first-order chi connectivity index (χ1) is 7.45. The lowest BCUT2D eigenvalue weighted by atomic mass is 9.93. The van der Waals surface area contributed by atoms with Crippen LogP contribution in [0.4, 0.5) is 0 Å². The quantitative estimate of drug-likeness (QED) is 0.754. The minimum absolute atomic E-state index is 0.289. The summed E-state index contributed by atoms with van der Waals surface area (Å²) in [4.78, 5) is 0. The summed E-state index contributed by atoms with van der Waals surface area (Å²) in [6, 6.07) is 9.24. The molecule has 1 aromatic carbocycles. The second-order valence-electron chi connectivity index (χ2n) is 4.44. The zero-order chi connectivity index (χ0) is 10.1. The number of hydrogen-bond acceptors (Lipinski definition) is 2. The van der Waals surface area contributed by atoms with Gasteiger partial charge in [0.05, 0.1) is 12.7 Å². The Labute approximate surface area is 90.6 Å². The van der Waals surface area contributed by atoms with E-state index in [2.05, 4.69) is 29.6 Å². The number of hydrogen-bond donors (Lipinski definition) is 1. The molecule has 0 amide bonds. The lowest BCUT2D eigenvalue weighted by Crippen LogP contribution is -2.33. The Kier molecular flexibility index (Phi) is 2.47. The van der Waals surface area contributed by atoms with Crippen LogP contribution in [-0.4, -0.2) is 19.2 Å². The second-order valence-corrected chi connectivity index (χ2v) is 4.44. The fourth-order valence-electron chi connectivity index (χ4n) is 2.73. The molecule has 1 fully saturated rings. The minimum atomic E-state index is 0.289. The third-order valence-corrected chi connectivity index (χ3v) is 3.49. The van der Waals surface area contributed by atoms with Crippen LogP contribution >= 0.6 is 0 Å². The van der Waals surface area contributed by atoms with Gasteiger partial charge in [0.2, 0.25) is 0 Å². The lowest BCUT2D eigenvalue weighted by Gasteiger charge is -2.30. The van der Waals surface area contributed by atoms with E-state index < -0.39 is 0 Å². The molecule has 0 radical (unpaired) electrons. The van der Waals surface area contributed by atoms with Crippen LogP contribution in [0.3, 0.4) is 0 Å². The van der Waals surface area contributed by atoms with Gasteiger partial charge < -0.3 is 10.1 Å². The smallest absolute Gasteiger partial charge is 0.0980 e. The van der Waals surface area contributed by atoms with E-state index in [0.29, 0.717) is 6.04 Å².